The highest BCUT2D eigenvalue weighted by Gasteiger charge is 2.07. The third-order valence-electron chi connectivity index (χ3n) is 1.50. The molecule has 62 valence electrons. The van der Waals surface area contributed by atoms with E-state index < -0.39 is 0 Å². The Kier molecular flexibility index (Phi) is 1.58. The Morgan fingerprint density at radius 2 is 2.42 bits per heavy atom. The van der Waals surface area contributed by atoms with E-state index in [1.54, 1.807) is 11.3 Å². The van der Waals surface area contributed by atoms with E-state index in [9.17, 15) is 0 Å². The third kappa shape index (κ3) is 1.08. The van der Waals surface area contributed by atoms with Gasteiger partial charge < -0.3 is 5.73 Å². The van der Waals surface area contributed by atoms with Crippen LogP contribution in [0.5, 0.6) is 0 Å². The van der Waals surface area contributed by atoms with Crippen molar-refractivity contribution in [1.82, 2.24) is 15.2 Å². The fraction of sp³-hybridized carbons (Fsp3) is 0.143. The van der Waals surface area contributed by atoms with Gasteiger partial charge >= 0.3 is 0 Å². The number of aryl methyl sites for hydroxylation is 1. The van der Waals surface area contributed by atoms with Crippen LogP contribution in [0.1, 0.15) is 5.82 Å². The van der Waals surface area contributed by atoms with Crippen LogP contribution in [0.25, 0.3) is 10.7 Å². The van der Waals surface area contributed by atoms with Crippen LogP contribution in [0, 0.1) is 6.92 Å². The molecule has 0 aliphatic carbocycles. The van der Waals surface area contributed by atoms with Gasteiger partial charge in [-0.2, -0.15) is 5.10 Å². The molecule has 0 aromatic carbocycles. The van der Waals surface area contributed by atoms with Crippen LogP contribution in [0.15, 0.2) is 11.4 Å². The summed E-state index contributed by atoms with van der Waals surface area (Å²) in [5, 5.41) is 8.71. The van der Waals surface area contributed by atoms with Gasteiger partial charge in [0.25, 0.3) is 0 Å². The summed E-state index contributed by atoms with van der Waals surface area (Å²) in [7, 11) is 0. The number of aromatic nitrogens is 3. The number of hydrogen-bond donors (Lipinski definition) is 2. The van der Waals surface area contributed by atoms with Gasteiger partial charge in [0.2, 0.25) is 0 Å². The Morgan fingerprint density at radius 1 is 1.58 bits per heavy atom. The lowest BCUT2D eigenvalue weighted by Crippen LogP contribution is -1.85. The minimum absolute atomic E-state index is 0.681. The van der Waals surface area contributed by atoms with Gasteiger partial charge in [-0.05, 0) is 18.4 Å². The second-order valence-corrected chi connectivity index (χ2v) is 3.37. The topological polar surface area (TPSA) is 67.6 Å². The number of thiophene rings is 1. The quantitative estimate of drug-likeness (QED) is 0.697. The van der Waals surface area contributed by atoms with Gasteiger partial charge in [0.05, 0.1) is 10.6 Å². The normalized spacial score (nSPS) is 10.4. The zero-order valence-electron chi connectivity index (χ0n) is 6.53. The van der Waals surface area contributed by atoms with Crippen LogP contribution in [0.2, 0.25) is 0 Å². The van der Waals surface area contributed by atoms with E-state index in [0.717, 1.165) is 16.4 Å². The van der Waals surface area contributed by atoms with Crippen molar-refractivity contribution >= 4 is 17.0 Å². The summed E-state index contributed by atoms with van der Waals surface area (Å²) >= 11 is 1.55. The van der Waals surface area contributed by atoms with Crippen molar-refractivity contribution in [2.75, 3.05) is 5.73 Å². The zero-order chi connectivity index (χ0) is 8.55. The lowest BCUT2D eigenvalue weighted by molar-refractivity contribution is 1.04. The first-order valence-electron chi connectivity index (χ1n) is 3.49. The molecule has 0 fully saturated rings. The first kappa shape index (κ1) is 7.30. The first-order valence-corrected chi connectivity index (χ1v) is 4.37. The van der Waals surface area contributed by atoms with E-state index in [4.69, 9.17) is 5.73 Å². The van der Waals surface area contributed by atoms with Crippen LogP contribution in [-0.2, 0) is 0 Å². The van der Waals surface area contributed by atoms with E-state index in [2.05, 4.69) is 15.2 Å². The van der Waals surface area contributed by atoms with Crippen LogP contribution in [0.4, 0.5) is 5.69 Å². The monoisotopic (exact) mass is 180 g/mol. The molecule has 2 aromatic heterocycles. The summed E-state index contributed by atoms with van der Waals surface area (Å²) in [6.45, 7) is 1.86. The predicted molar refractivity (Wildman–Crippen MR) is 48.8 cm³/mol. The second-order valence-electron chi connectivity index (χ2n) is 2.45. The summed E-state index contributed by atoms with van der Waals surface area (Å²) in [5.74, 6) is 1.48. The van der Waals surface area contributed by atoms with Gasteiger partial charge in [-0.1, -0.05) is 0 Å². The molecule has 3 N–H and O–H groups in total. The molecular weight excluding hydrogens is 172 g/mol. The zero-order valence-corrected chi connectivity index (χ0v) is 7.35. The molecule has 0 atom stereocenters. The summed E-state index contributed by atoms with van der Waals surface area (Å²) in [6.07, 6.45) is 0. The molecule has 0 aliphatic rings. The number of rotatable bonds is 1. The van der Waals surface area contributed by atoms with E-state index in [1.807, 2.05) is 18.4 Å². The average Bonchev–Trinajstić information content (AvgIpc) is 2.58. The van der Waals surface area contributed by atoms with Gasteiger partial charge in [-0.15, -0.1) is 11.3 Å². The van der Waals surface area contributed by atoms with Gasteiger partial charge in [0.1, 0.15) is 5.82 Å². The number of nitrogens with one attached hydrogen (secondary N) is 1. The predicted octanol–water partition coefficient (Wildman–Crippen LogP) is 1.42. The summed E-state index contributed by atoms with van der Waals surface area (Å²) in [4.78, 5) is 5.11. The van der Waals surface area contributed by atoms with Crippen molar-refractivity contribution in [2.45, 2.75) is 6.92 Å². The standard InChI is InChI=1S/C7H8N4S/c1-4-9-7(11-10-4)6-5(8)2-3-12-6/h2-3H,8H2,1H3,(H,9,10,11). The molecule has 0 amide bonds. The first-order chi connectivity index (χ1) is 5.77. The Hall–Kier alpha value is -1.36. The van der Waals surface area contributed by atoms with E-state index >= 15 is 0 Å². The Morgan fingerprint density at radius 3 is 2.92 bits per heavy atom. The van der Waals surface area contributed by atoms with E-state index in [-0.39, 0.29) is 0 Å². The van der Waals surface area contributed by atoms with Crippen LogP contribution in [-0.4, -0.2) is 15.2 Å². The lowest BCUT2D eigenvalue weighted by atomic mass is 10.4. The highest BCUT2D eigenvalue weighted by Crippen LogP contribution is 2.28. The van der Waals surface area contributed by atoms with E-state index in [0.29, 0.717) is 5.82 Å². The molecular formula is C7H8N4S. The maximum absolute atomic E-state index is 5.70. The smallest absolute Gasteiger partial charge is 0.193 e. The van der Waals surface area contributed by atoms with Crippen molar-refractivity contribution in [3.8, 4) is 10.7 Å². The maximum atomic E-state index is 5.70. The van der Waals surface area contributed by atoms with Crippen LogP contribution >= 0.6 is 11.3 Å². The molecule has 0 radical (unpaired) electrons. The molecule has 2 aromatic rings. The number of nitrogens with two attached hydrogens (primary N) is 1. The van der Waals surface area contributed by atoms with Crippen molar-refractivity contribution in [2.24, 2.45) is 0 Å². The number of anilines is 1. The molecule has 0 bridgehead atoms. The number of nitrogens with zero attached hydrogens (tertiary/aromatic N) is 2. The summed E-state index contributed by atoms with van der Waals surface area (Å²) in [5.41, 5.74) is 6.43. The van der Waals surface area contributed by atoms with Gasteiger partial charge in [-0.3, -0.25) is 5.10 Å². The van der Waals surface area contributed by atoms with Gasteiger partial charge in [0, 0.05) is 0 Å². The van der Waals surface area contributed by atoms with E-state index in [1.165, 1.54) is 0 Å². The number of hydrogen-bond acceptors (Lipinski definition) is 4. The summed E-state index contributed by atoms with van der Waals surface area (Å²) < 4.78 is 0. The van der Waals surface area contributed by atoms with Crippen molar-refractivity contribution in [3.05, 3.63) is 17.3 Å². The second kappa shape index (κ2) is 2.60. The molecule has 0 saturated carbocycles. The Labute approximate surface area is 73.5 Å². The molecule has 2 heterocycles. The fourth-order valence-electron chi connectivity index (χ4n) is 0.945. The lowest BCUT2D eigenvalue weighted by Gasteiger charge is -1.89. The van der Waals surface area contributed by atoms with Crippen molar-refractivity contribution in [3.63, 3.8) is 0 Å². The van der Waals surface area contributed by atoms with Gasteiger partial charge in [-0.25, -0.2) is 4.98 Å². The minimum atomic E-state index is 0.681. The molecule has 12 heavy (non-hydrogen) atoms. The minimum Gasteiger partial charge on any atom is -0.397 e. The number of H-pyrrole nitrogens is 1. The SMILES string of the molecule is Cc1nc(-c2sccc2N)n[nH]1. The average molecular weight is 180 g/mol. The highest BCUT2D eigenvalue weighted by molar-refractivity contribution is 7.14. The maximum Gasteiger partial charge on any atom is 0.193 e. The molecule has 0 spiro atoms. The van der Waals surface area contributed by atoms with Crippen LogP contribution < -0.4 is 5.73 Å². The molecule has 0 aliphatic heterocycles. The third-order valence-corrected chi connectivity index (χ3v) is 2.42. The Bertz CT molecular complexity index is 390. The molecule has 0 saturated heterocycles. The molecule has 4 nitrogen and oxygen atoms in total. The molecule has 5 heteroatoms. The fourth-order valence-corrected chi connectivity index (χ4v) is 1.70. The summed E-state index contributed by atoms with van der Waals surface area (Å²) in [6, 6.07) is 1.85. The number of aromatic amines is 1. The van der Waals surface area contributed by atoms with Crippen molar-refractivity contribution in [1.29, 1.82) is 0 Å². The largest absolute Gasteiger partial charge is 0.397 e. The Balaban J connectivity index is 2.50. The van der Waals surface area contributed by atoms with Gasteiger partial charge in [0.15, 0.2) is 5.82 Å². The highest BCUT2D eigenvalue weighted by atomic mass is 32.1. The van der Waals surface area contributed by atoms with Crippen LogP contribution in [0.3, 0.4) is 0 Å². The molecule has 2 rings (SSSR count). The van der Waals surface area contributed by atoms with Crippen molar-refractivity contribution < 1.29 is 0 Å². The number of nitrogen functional groups attached to an aromatic ring is 1. The molecule has 0 unspecified atom stereocenters.